The second kappa shape index (κ2) is 8.95. The van der Waals surface area contributed by atoms with Gasteiger partial charge >= 0.3 is 23.8 Å². The van der Waals surface area contributed by atoms with Gasteiger partial charge in [-0.15, -0.1) is 23.5 Å². The summed E-state index contributed by atoms with van der Waals surface area (Å²) in [6.07, 6.45) is -1.90. The molecule has 0 N–H and O–H groups in total. The van der Waals surface area contributed by atoms with Gasteiger partial charge in [0.2, 0.25) is 5.90 Å². The highest BCUT2D eigenvalue weighted by Gasteiger charge is 2.65. The molecule has 0 fully saturated rings. The lowest BCUT2D eigenvalue weighted by Crippen LogP contribution is -2.53. The standard InChI is InChI=1S/C16H15F4N3O3S2/c1-4-25-12(24)15(16(18,19)20)22-11(9-5-7-10(17)8-6-9)26-13(23-15)21-14(27-2)28-3/h5-8H,4H2,1-3H3/t15-/m0/s1. The highest BCUT2D eigenvalue weighted by Crippen LogP contribution is 2.39. The Balaban J connectivity index is 2.69. The zero-order valence-corrected chi connectivity index (χ0v) is 16.5. The fourth-order valence-electron chi connectivity index (χ4n) is 2.02. The van der Waals surface area contributed by atoms with Gasteiger partial charge in [-0.2, -0.15) is 28.1 Å². The lowest BCUT2D eigenvalue weighted by atomic mass is 10.1. The fraction of sp³-hybridized carbons (Fsp3) is 0.375. The van der Waals surface area contributed by atoms with Crippen molar-refractivity contribution in [3.63, 3.8) is 0 Å². The van der Waals surface area contributed by atoms with Crippen LogP contribution in [0.15, 0.2) is 39.2 Å². The molecule has 0 bridgehead atoms. The third-order valence-corrected chi connectivity index (χ3v) is 5.17. The van der Waals surface area contributed by atoms with Crippen LogP contribution in [0.5, 0.6) is 0 Å². The average molecular weight is 437 g/mol. The summed E-state index contributed by atoms with van der Waals surface area (Å²) in [6, 6.07) is 3.66. The quantitative estimate of drug-likeness (QED) is 0.311. The van der Waals surface area contributed by atoms with E-state index < -0.39 is 35.5 Å². The molecule has 1 aromatic rings. The van der Waals surface area contributed by atoms with E-state index >= 15 is 0 Å². The third kappa shape index (κ3) is 4.66. The molecule has 2 rings (SSSR count). The summed E-state index contributed by atoms with van der Waals surface area (Å²) in [5.74, 6) is -2.90. The highest BCUT2D eigenvalue weighted by molar-refractivity contribution is 8.38. The first-order chi connectivity index (χ1) is 13.2. The fourth-order valence-corrected chi connectivity index (χ4v) is 3.03. The van der Waals surface area contributed by atoms with Gasteiger partial charge in [0.05, 0.1) is 6.61 Å². The van der Waals surface area contributed by atoms with Crippen LogP contribution in [0.2, 0.25) is 0 Å². The molecule has 152 valence electrons. The number of rotatable bonds is 3. The minimum absolute atomic E-state index is 0.0109. The van der Waals surface area contributed by atoms with Crippen molar-refractivity contribution in [2.24, 2.45) is 15.0 Å². The van der Waals surface area contributed by atoms with Crippen LogP contribution < -0.4 is 0 Å². The van der Waals surface area contributed by atoms with Crippen molar-refractivity contribution < 1.29 is 31.8 Å². The summed E-state index contributed by atoms with van der Waals surface area (Å²) in [5.41, 5.74) is -3.57. The molecular formula is C16H15F4N3O3S2. The number of thioether (sulfide) groups is 2. The van der Waals surface area contributed by atoms with Crippen LogP contribution in [0.1, 0.15) is 12.5 Å². The molecule has 0 saturated heterocycles. The van der Waals surface area contributed by atoms with Gasteiger partial charge in [0.1, 0.15) is 10.2 Å². The first-order valence-corrected chi connectivity index (χ1v) is 10.2. The first-order valence-electron chi connectivity index (χ1n) is 7.71. The van der Waals surface area contributed by atoms with E-state index in [4.69, 9.17) is 4.74 Å². The predicted molar refractivity (Wildman–Crippen MR) is 101 cm³/mol. The van der Waals surface area contributed by atoms with E-state index in [1.807, 2.05) is 0 Å². The number of halogens is 4. The minimum atomic E-state index is -5.23. The van der Waals surface area contributed by atoms with Gasteiger partial charge in [0.15, 0.2) is 0 Å². The van der Waals surface area contributed by atoms with E-state index in [0.29, 0.717) is 4.38 Å². The predicted octanol–water partition coefficient (Wildman–Crippen LogP) is 3.86. The maximum Gasteiger partial charge on any atom is 0.446 e. The zero-order valence-electron chi connectivity index (χ0n) is 14.9. The van der Waals surface area contributed by atoms with Crippen molar-refractivity contribution in [1.82, 2.24) is 0 Å². The molecule has 1 atom stereocenters. The Kier molecular flexibility index (Phi) is 7.10. The Morgan fingerprint density at radius 1 is 1.21 bits per heavy atom. The number of aliphatic imine (C=N–C) groups is 3. The van der Waals surface area contributed by atoms with Crippen molar-refractivity contribution >= 4 is 45.8 Å². The van der Waals surface area contributed by atoms with Crippen molar-refractivity contribution in [3.05, 3.63) is 35.6 Å². The summed E-state index contributed by atoms with van der Waals surface area (Å²) in [5, 5.41) is 0. The second-order valence-corrected chi connectivity index (χ2v) is 6.95. The molecule has 0 saturated carbocycles. The number of carbonyl (C=O) groups excluding carboxylic acids is 1. The van der Waals surface area contributed by atoms with Crippen LogP contribution >= 0.6 is 23.5 Å². The number of esters is 1. The van der Waals surface area contributed by atoms with Gasteiger partial charge in [-0.1, -0.05) is 0 Å². The summed E-state index contributed by atoms with van der Waals surface area (Å²) in [6.45, 7) is 1.04. The molecule has 6 nitrogen and oxygen atoms in total. The van der Waals surface area contributed by atoms with Gasteiger partial charge in [-0.05, 0) is 43.7 Å². The molecule has 0 amide bonds. The lowest BCUT2D eigenvalue weighted by Gasteiger charge is -2.29. The molecule has 1 aromatic carbocycles. The molecule has 0 aromatic heterocycles. The number of amidine groups is 1. The first kappa shape index (κ1) is 22.2. The smallest absolute Gasteiger partial charge is 0.446 e. The van der Waals surface area contributed by atoms with E-state index in [2.05, 4.69) is 19.7 Å². The van der Waals surface area contributed by atoms with Crippen LogP contribution in [-0.2, 0) is 14.3 Å². The maximum atomic E-state index is 13.9. The molecule has 0 aliphatic carbocycles. The number of ether oxygens (including phenoxy) is 2. The Bertz CT molecular complexity index is 819. The SMILES string of the molecule is CCOC(=O)[C@@]1(C(F)(F)F)N=C(N=C(SC)SC)OC(c2ccc(F)cc2)=N1. The van der Waals surface area contributed by atoms with Gasteiger partial charge in [0, 0.05) is 5.56 Å². The summed E-state index contributed by atoms with van der Waals surface area (Å²) in [7, 11) is 0. The van der Waals surface area contributed by atoms with E-state index in [-0.39, 0.29) is 12.2 Å². The van der Waals surface area contributed by atoms with E-state index in [0.717, 1.165) is 47.8 Å². The number of carbonyl (C=O) groups is 1. The lowest BCUT2D eigenvalue weighted by molar-refractivity contribution is -0.204. The summed E-state index contributed by atoms with van der Waals surface area (Å²) >= 11 is 2.31. The maximum absolute atomic E-state index is 13.9. The Morgan fingerprint density at radius 2 is 1.82 bits per heavy atom. The molecule has 12 heteroatoms. The number of hydrogen-bond donors (Lipinski definition) is 0. The van der Waals surface area contributed by atoms with E-state index in [1.54, 1.807) is 12.5 Å². The monoisotopic (exact) mass is 437 g/mol. The van der Waals surface area contributed by atoms with E-state index in [9.17, 15) is 22.4 Å². The van der Waals surface area contributed by atoms with Crippen LogP contribution in [0.4, 0.5) is 17.6 Å². The Morgan fingerprint density at radius 3 is 2.32 bits per heavy atom. The van der Waals surface area contributed by atoms with Crippen LogP contribution in [0.25, 0.3) is 0 Å². The molecule has 0 spiro atoms. The molecule has 28 heavy (non-hydrogen) atoms. The number of nitrogens with zero attached hydrogens (tertiary/aromatic N) is 3. The van der Waals surface area contributed by atoms with Crippen LogP contribution in [0, 0.1) is 5.82 Å². The van der Waals surface area contributed by atoms with Crippen molar-refractivity contribution in [3.8, 4) is 0 Å². The van der Waals surface area contributed by atoms with Gasteiger partial charge < -0.3 is 9.47 Å². The number of hydrogen-bond acceptors (Lipinski definition) is 8. The third-order valence-electron chi connectivity index (χ3n) is 3.29. The Hall–Kier alpha value is -2.08. The normalized spacial score (nSPS) is 19.2. The number of benzene rings is 1. The number of alkyl halides is 3. The molecule has 0 unspecified atom stereocenters. The largest absolute Gasteiger partial charge is 0.462 e. The van der Waals surface area contributed by atoms with Crippen molar-refractivity contribution in [2.75, 3.05) is 19.1 Å². The molecule has 0 radical (unpaired) electrons. The average Bonchev–Trinajstić information content (AvgIpc) is 2.65. The topological polar surface area (TPSA) is 72.6 Å². The highest BCUT2D eigenvalue weighted by atomic mass is 32.2. The van der Waals surface area contributed by atoms with Crippen molar-refractivity contribution in [1.29, 1.82) is 0 Å². The van der Waals surface area contributed by atoms with E-state index in [1.165, 1.54) is 6.92 Å². The van der Waals surface area contributed by atoms with Gasteiger partial charge in [0.25, 0.3) is 0 Å². The van der Waals surface area contributed by atoms with Gasteiger partial charge in [-0.3, -0.25) is 0 Å². The summed E-state index contributed by atoms with van der Waals surface area (Å²) in [4.78, 5) is 22.9. The van der Waals surface area contributed by atoms with Crippen LogP contribution in [-0.4, -0.2) is 53.2 Å². The molecule has 1 heterocycles. The molecule has 1 aliphatic rings. The second-order valence-electron chi connectivity index (χ2n) is 5.10. The summed E-state index contributed by atoms with van der Waals surface area (Å²) < 4.78 is 65.1. The molecular weight excluding hydrogens is 422 g/mol. The van der Waals surface area contributed by atoms with Gasteiger partial charge in [-0.25, -0.2) is 9.18 Å². The molecule has 1 aliphatic heterocycles. The minimum Gasteiger partial charge on any atom is -0.462 e. The van der Waals surface area contributed by atoms with Crippen molar-refractivity contribution in [2.45, 2.75) is 18.8 Å². The Labute approximate surface area is 166 Å². The van der Waals surface area contributed by atoms with Crippen LogP contribution in [0.3, 0.4) is 0 Å². The zero-order chi connectivity index (χ0) is 20.9.